The van der Waals surface area contributed by atoms with E-state index in [-0.39, 0.29) is 15.6 Å². The van der Waals surface area contributed by atoms with Crippen LogP contribution in [-0.4, -0.2) is 23.0 Å². The Balaban J connectivity index is 1.74. The lowest BCUT2D eigenvalue weighted by Gasteiger charge is -2.09. The number of hydrogen-bond donors (Lipinski definition) is 1. The van der Waals surface area contributed by atoms with Crippen molar-refractivity contribution < 1.29 is 8.42 Å². The summed E-state index contributed by atoms with van der Waals surface area (Å²) in [7, 11) is -3.91. The number of aryl methyl sites for hydroxylation is 4. The quantitative estimate of drug-likeness (QED) is 0.408. The summed E-state index contributed by atoms with van der Waals surface area (Å²) in [6, 6.07) is 22.6. The second kappa shape index (κ2) is 8.01. The number of nitrogens with zero attached hydrogens (tertiary/aromatic N) is 3. The number of para-hydroxylation sites is 2. The Kier molecular flexibility index (Phi) is 5.13. The molecule has 0 bridgehead atoms. The van der Waals surface area contributed by atoms with Crippen LogP contribution < -0.4 is 5.73 Å². The van der Waals surface area contributed by atoms with Crippen molar-refractivity contribution >= 4 is 37.9 Å². The molecule has 7 heteroatoms. The Morgan fingerprint density at radius 2 is 1.52 bits per heavy atom. The van der Waals surface area contributed by atoms with Crippen LogP contribution >= 0.6 is 0 Å². The van der Waals surface area contributed by atoms with E-state index in [9.17, 15) is 8.42 Å². The van der Waals surface area contributed by atoms with Gasteiger partial charge in [0.25, 0.3) is 0 Å². The summed E-state index contributed by atoms with van der Waals surface area (Å²) in [5.74, 6) is 0.162. The molecule has 2 aromatic heterocycles. The first-order valence-electron chi connectivity index (χ1n) is 10.8. The number of anilines is 1. The van der Waals surface area contributed by atoms with Gasteiger partial charge in [-0.15, -0.1) is 0 Å². The molecule has 6 nitrogen and oxygen atoms in total. The second-order valence-electron chi connectivity index (χ2n) is 8.24. The number of benzene rings is 3. The van der Waals surface area contributed by atoms with Crippen molar-refractivity contribution in [1.82, 2.24) is 14.5 Å². The van der Waals surface area contributed by atoms with Crippen LogP contribution in [0.15, 0.2) is 82.6 Å². The Labute approximate surface area is 192 Å². The first kappa shape index (κ1) is 21.2. The zero-order valence-corrected chi connectivity index (χ0v) is 19.3. The SMILES string of the molecule is Cc1ccc(S(=O)(=O)c2c(N)n(CCc3ccccc3)c3nc4ccccc4nc23)cc1C. The molecule has 0 saturated heterocycles. The molecule has 166 valence electrons. The molecule has 3 aromatic carbocycles. The summed E-state index contributed by atoms with van der Waals surface area (Å²) in [5, 5.41) is 0. The molecule has 0 fully saturated rings. The molecule has 0 saturated carbocycles. The number of nitrogen functional groups attached to an aromatic ring is 1. The maximum absolute atomic E-state index is 13.8. The fourth-order valence-electron chi connectivity index (χ4n) is 4.07. The molecule has 5 aromatic rings. The first-order chi connectivity index (χ1) is 15.9. The normalized spacial score (nSPS) is 11.9. The van der Waals surface area contributed by atoms with Gasteiger partial charge in [-0.1, -0.05) is 48.5 Å². The molecule has 2 heterocycles. The Bertz CT molecular complexity index is 1610. The molecule has 0 radical (unpaired) electrons. The fourth-order valence-corrected chi connectivity index (χ4v) is 5.66. The average Bonchev–Trinajstić information content (AvgIpc) is 3.09. The highest BCUT2D eigenvalue weighted by Crippen LogP contribution is 2.35. The summed E-state index contributed by atoms with van der Waals surface area (Å²) in [4.78, 5) is 9.69. The summed E-state index contributed by atoms with van der Waals surface area (Å²) in [5.41, 5.74) is 11.7. The van der Waals surface area contributed by atoms with Gasteiger partial charge in [0.1, 0.15) is 16.2 Å². The molecule has 0 spiro atoms. The summed E-state index contributed by atoms with van der Waals surface area (Å²) in [6.45, 7) is 4.34. The smallest absolute Gasteiger partial charge is 0.212 e. The van der Waals surface area contributed by atoms with Crippen molar-refractivity contribution in [3.8, 4) is 0 Å². The van der Waals surface area contributed by atoms with Crippen molar-refractivity contribution in [3.63, 3.8) is 0 Å². The summed E-state index contributed by atoms with van der Waals surface area (Å²) < 4.78 is 29.4. The molecule has 0 unspecified atom stereocenters. The van der Waals surface area contributed by atoms with Gasteiger partial charge in [-0.25, -0.2) is 18.4 Å². The third kappa shape index (κ3) is 3.64. The zero-order chi connectivity index (χ0) is 23.2. The molecule has 2 N–H and O–H groups in total. The lowest BCUT2D eigenvalue weighted by atomic mass is 10.1. The van der Waals surface area contributed by atoms with E-state index < -0.39 is 9.84 Å². The van der Waals surface area contributed by atoms with Crippen molar-refractivity contribution in [1.29, 1.82) is 0 Å². The van der Waals surface area contributed by atoms with Crippen LogP contribution in [0, 0.1) is 13.8 Å². The number of aromatic nitrogens is 3. The van der Waals surface area contributed by atoms with Crippen molar-refractivity contribution in [2.24, 2.45) is 0 Å². The predicted molar refractivity (Wildman–Crippen MR) is 131 cm³/mol. The van der Waals surface area contributed by atoms with E-state index in [1.54, 1.807) is 16.7 Å². The van der Waals surface area contributed by atoms with E-state index in [2.05, 4.69) is 0 Å². The highest BCUT2D eigenvalue weighted by molar-refractivity contribution is 7.92. The van der Waals surface area contributed by atoms with E-state index in [0.29, 0.717) is 35.2 Å². The van der Waals surface area contributed by atoms with Crippen molar-refractivity contribution in [2.45, 2.75) is 36.6 Å². The monoisotopic (exact) mass is 456 g/mol. The minimum absolute atomic E-state index is 0.0204. The molecular formula is C26H24N4O2S. The second-order valence-corrected chi connectivity index (χ2v) is 10.1. The van der Waals surface area contributed by atoms with Gasteiger partial charge < -0.3 is 10.3 Å². The molecule has 0 aliphatic heterocycles. The average molecular weight is 457 g/mol. The van der Waals surface area contributed by atoms with Gasteiger partial charge in [-0.3, -0.25) is 0 Å². The van der Waals surface area contributed by atoms with Gasteiger partial charge in [0, 0.05) is 6.54 Å². The van der Waals surface area contributed by atoms with Gasteiger partial charge in [-0.2, -0.15) is 0 Å². The van der Waals surface area contributed by atoms with Crippen molar-refractivity contribution in [3.05, 3.63) is 89.5 Å². The van der Waals surface area contributed by atoms with Crippen LogP contribution in [0.4, 0.5) is 5.82 Å². The van der Waals surface area contributed by atoms with E-state index >= 15 is 0 Å². The first-order valence-corrected chi connectivity index (χ1v) is 12.3. The van der Waals surface area contributed by atoms with E-state index in [0.717, 1.165) is 16.7 Å². The Morgan fingerprint density at radius 3 is 2.21 bits per heavy atom. The van der Waals surface area contributed by atoms with Crippen LogP contribution in [0.25, 0.3) is 22.2 Å². The standard InChI is InChI=1S/C26H24N4O2S/c1-17-12-13-20(16-18(17)2)33(31,32)24-23-26(29-22-11-7-6-10-21(22)28-23)30(25(24)27)15-14-19-8-4-3-5-9-19/h3-13,16H,14-15,27H2,1-2H3. The topological polar surface area (TPSA) is 90.9 Å². The summed E-state index contributed by atoms with van der Waals surface area (Å²) >= 11 is 0. The molecule has 5 rings (SSSR count). The molecule has 0 atom stereocenters. The minimum atomic E-state index is -3.91. The largest absolute Gasteiger partial charge is 0.384 e. The minimum Gasteiger partial charge on any atom is -0.384 e. The van der Waals surface area contributed by atoms with E-state index in [1.807, 2.05) is 74.5 Å². The number of fused-ring (bicyclic) bond motifs is 2. The van der Waals surface area contributed by atoms with Crippen LogP contribution in [0.2, 0.25) is 0 Å². The molecule has 33 heavy (non-hydrogen) atoms. The molecule has 0 aliphatic carbocycles. The number of hydrogen-bond acceptors (Lipinski definition) is 5. The Hall–Kier alpha value is -3.71. The van der Waals surface area contributed by atoms with Gasteiger partial charge in [0.2, 0.25) is 9.84 Å². The zero-order valence-electron chi connectivity index (χ0n) is 18.5. The Morgan fingerprint density at radius 1 is 0.848 bits per heavy atom. The van der Waals surface area contributed by atoms with Crippen molar-refractivity contribution in [2.75, 3.05) is 5.73 Å². The summed E-state index contributed by atoms with van der Waals surface area (Å²) in [6.07, 6.45) is 0.687. The third-order valence-corrected chi connectivity index (χ3v) is 7.89. The maximum Gasteiger partial charge on any atom is 0.212 e. The number of sulfone groups is 1. The molecule has 0 aliphatic rings. The lowest BCUT2D eigenvalue weighted by Crippen LogP contribution is -2.09. The van der Waals surface area contributed by atoms with Crippen LogP contribution in [0.1, 0.15) is 16.7 Å². The highest BCUT2D eigenvalue weighted by Gasteiger charge is 2.30. The lowest BCUT2D eigenvalue weighted by molar-refractivity contribution is 0.596. The highest BCUT2D eigenvalue weighted by atomic mass is 32.2. The molecular weight excluding hydrogens is 432 g/mol. The predicted octanol–water partition coefficient (Wildman–Crippen LogP) is 4.86. The van der Waals surface area contributed by atoms with Gasteiger partial charge >= 0.3 is 0 Å². The van der Waals surface area contributed by atoms with Gasteiger partial charge in [-0.05, 0) is 61.2 Å². The molecule has 0 amide bonds. The van der Waals surface area contributed by atoms with E-state index in [4.69, 9.17) is 15.7 Å². The van der Waals surface area contributed by atoms with E-state index in [1.165, 1.54) is 0 Å². The van der Waals surface area contributed by atoms with Crippen LogP contribution in [0.5, 0.6) is 0 Å². The fraction of sp³-hybridized carbons (Fsp3) is 0.154. The maximum atomic E-state index is 13.8. The third-order valence-electron chi connectivity index (χ3n) is 6.07. The number of rotatable bonds is 5. The number of nitrogens with two attached hydrogens (primary N) is 1. The van der Waals surface area contributed by atoms with Gasteiger partial charge in [0.05, 0.1) is 15.9 Å². The van der Waals surface area contributed by atoms with Crippen LogP contribution in [-0.2, 0) is 22.8 Å². The van der Waals surface area contributed by atoms with Gasteiger partial charge in [0.15, 0.2) is 5.65 Å². The van der Waals surface area contributed by atoms with Crippen LogP contribution in [0.3, 0.4) is 0 Å².